The fourth-order valence-corrected chi connectivity index (χ4v) is 3.97. The molecule has 1 aliphatic rings. The van der Waals surface area contributed by atoms with Gasteiger partial charge >= 0.3 is 0 Å². The molecule has 2 unspecified atom stereocenters. The number of rotatable bonds is 6. The largest absolute Gasteiger partial charge is 0.354 e. The van der Waals surface area contributed by atoms with Gasteiger partial charge in [0, 0.05) is 23.3 Å². The van der Waals surface area contributed by atoms with Crippen LogP contribution in [0.25, 0.3) is 0 Å². The normalized spacial score (nSPS) is 18.3. The number of carbonyl (C=O) groups is 2. The van der Waals surface area contributed by atoms with Crippen molar-refractivity contribution in [2.75, 3.05) is 13.1 Å². The molecule has 7 heteroatoms. The average Bonchev–Trinajstić information content (AvgIpc) is 3.18. The molecule has 0 saturated carbocycles. The summed E-state index contributed by atoms with van der Waals surface area (Å²) in [4.78, 5) is 31.5. The maximum Gasteiger partial charge on any atom is 0.230 e. The smallest absolute Gasteiger partial charge is 0.230 e. The molecule has 1 N–H and O–H groups in total. The number of hydrogen-bond donors (Lipinski definition) is 1. The van der Waals surface area contributed by atoms with Gasteiger partial charge in [0.25, 0.3) is 0 Å². The highest BCUT2D eigenvalue weighted by atomic mass is 32.1. The third-order valence-corrected chi connectivity index (χ3v) is 5.82. The zero-order chi connectivity index (χ0) is 16.2. The van der Waals surface area contributed by atoms with Gasteiger partial charge in [-0.1, -0.05) is 6.07 Å². The summed E-state index contributed by atoms with van der Waals surface area (Å²) in [5.74, 6) is 0.00228. The predicted octanol–water partition coefficient (Wildman–Crippen LogP) is 2.27. The Hall–Kier alpha value is -1.73. The van der Waals surface area contributed by atoms with Crippen LogP contribution in [0.15, 0.2) is 28.4 Å². The van der Waals surface area contributed by atoms with Crippen LogP contribution in [0, 0.1) is 0 Å². The van der Waals surface area contributed by atoms with Crippen LogP contribution in [0.1, 0.15) is 29.8 Å². The fourth-order valence-electron chi connectivity index (χ4n) is 2.63. The molecule has 0 bridgehead atoms. The van der Waals surface area contributed by atoms with Crippen molar-refractivity contribution in [3.63, 3.8) is 0 Å². The lowest BCUT2D eigenvalue weighted by atomic mass is 9.98. The van der Waals surface area contributed by atoms with Crippen molar-refractivity contribution in [1.29, 1.82) is 0 Å². The van der Waals surface area contributed by atoms with E-state index in [-0.39, 0.29) is 23.8 Å². The number of nitrogens with one attached hydrogen (secondary N) is 1. The van der Waals surface area contributed by atoms with Crippen LogP contribution in [0.3, 0.4) is 0 Å². The molecule has 3 heterocycles. The number of likely N-dealkylation sites (tertiary alicyclic amines) is 1. The number of hydrogen-bond acceptors (Lipinski definition) is 5. The van der Waals surface area contributed by atoms with Gasteiger partial charge in [-0.25, -0.2) is 4.98 Å². The molecule has 2 atom stereocenters. The third-order valence-electron chi connectivity index (χ3n) is 4.13. The Kier molecular flexibility index (Phi) is 5.07. The summed E-state index contributed by atoms with van der Waals surface area (Å²) < 4.78 is 0. The molecule has 2 aromatic rings. The molecule has 23 heavy (non-hydrogen) atoms. The van der Waals surface area contributed by atoms with E-state index in [2.05, 4.69) is 10.3 Å². The second-order valence-corrected chi connectivity index (χ2v) is 7.37. The molecule has 1 aliphatic heterocycles. The van der Waals surface area contributed by atoms with E-state index in [1.54, 1.807) is 16.8 Å². The highest BCUT2D eigenvalue weighted by Crippen LogP contribution is 2.27. The molecule has 3 rings (SSSR count). The lowest BCUT2D eigenvalue weighted by molar-refractivity contribution is -0.140. The SMILES string of the molecule is CC(C(=O)N1CCC1CNC(=O)Cc1cscn1)c1cccs1. The van der Waals surface area contributed by atoms with Crippen LogP contribution < -0.4 is 5.32 Å². The van der Waals surface area contributed by atoms with Crippen LogP contribution in [-0.2, 0) is 16.0 Å². The lowest BCUT2D eigenvalue weighted by Gasteiger charge is -2.42. The zero-order valence-corrected chi connectivity index (χ0v) is 14.5. The maximum atomic E-state index is 12.5. The number of carbonyl (C=O) groups excluding carboxylic acids is 2. The molecule has 1 fully saturated rings. The molecular weight excluding hydrogens is 330 g/mol. The topological polar surface area (TPSA) is 62.3 Å². The van der Waals surface area contributed by atoms with Crippen molar-refractivity contribution in [1.82, 2.24) is 15.2 Å². The van der Waals surface area contributed by atoms with Crippen molar-refractivity contribution >= 4 is 34.5 Å². The zero-order valence-electron chi connectivity index (χ0n) is 12.9. The van der Waals surface area contributed by atoms with Crippen molar-refractivity contribution < 1.29 is 9.59 Å². The summed E-state index contributed by atoms with van der Waals surface area (Å²) in [6, 6.07) is 4.08. The third kappa shape index (κ3) is 3.79. The van der Waals surface area contributed by atoms with Crippen molar-refractivity contribution in [2.24, 2.45) is 0 Å². The number of aromatic nitrogens is 1. The van der Waals surface area contributed by atoms with Gasteiger partial charge in [-0.05, 0) is 24.8 Å². The summed E-state index contributed by atoms with van der Waals surface area (Å²) in [5, 5.41) is 6.78. The van der Waals surface area contributed by atoms with Gasteiger partial charge in [0.15, 0.2) is 0 Å². The van der Waals surface area contributed by atoms with Crippen molar-refractivity contribution in [3.8, 4) is 0 Å². The van der Waals surface area contributed by atoms with Gasteiger partial charge in [-0.3, -0.25) is 9.59 Å². The Bertz CT molecular complexity index is 655. The Balaban J connectivity index is 1.47. The molecule has 2 aromatic heterocycles. The summed E-state index contributed by atoms with van der Waals surface area (Å²) in [6.45, 7) is 3.25. The molecule has 2 amide bonds. The minimum atomic E-state index is -0.108. The van der Waals surface area contributed by atoms with E-state index in [9.17, 15) is 9.59 Å². The lowest BCUT2D eigenvalue weighted by Crippen LogP contribution is -2.56. The fraction of sp³-hybridized carbons (Fsp3) is 0.438. The molecule has 0 aromatic carbocycles. The monoisotopic (exact) mass is 349 g/mol. The second-order valence-electron chi connectivity index (χ2n) is 5.67. The Labute approximate surface area is 143 Å². The van der Waals surface area contributed by atoms with Gasteiger partial charge in [0.1, 0.15) is 0 Å². The predicted molar refractivity (Wildman–Crippen MR) is 91.7 cm³/mol. The van der Waals surface area contributed by atoms with Gasteiger partial charge in [0.05, 0.1) is 29.6 Å². The van der Waals surface area contributed by atoms with Gasteiger partial charge in [-0.15, -0.1) is 22.7 Å². The summed E-state index contributed by atoms with van der Waals surface area (Å²) in [5.41, 5.74) is 2.52. The van der Waals surface area contributed by atoms with E-state index in [0.717, 1.165) is 23.5 Å². The van der Waals surface area contributed by atoms with Crippen molar-refractivity contribution in [3.05, 3.63) is 39.0 Å². The molecule has 0 radical (unpaired) electrons. The standard InChI is InChI=1S/C16H19N3O2S2/c1-11(14-3-2-6-23-14)16(21)19-5-4-13(19)8-17-15(20)7-12-9-22-10-18-12/h2-3,6,9-11,13H,4-5,7-8H2,1H3,(H,17,20). The molecule has 0 spiro atoms. The first-order chi connectivity index (χ1) is 11.1. The number of amides is 2. The highest BCUT2D eigenvalue weighted by Gasteiger charge is 2.35. The minimum Gasteiger partial charge on any atom is -0.354 e. The van der Waals surface area contributed by atoms with Crippen LogP contribution in [0.4, 0.5) is 0 Å². The van der Waals surface area contributed by atoms with Gasteiger partial charge in [0.2, 0.25) is 11.8 Å². The van der Waals surface area contributed by atoms with E-state index in [4.69, 9.17) is 0 Å². The summed E-state index contributed by atoms with van der Waals surface area (Å²) in [6.07, 6.45) is 1.25. The van der Waals surface area contributed by atoms with E-state index >= 15 is 0 Å². The van der Waals surface area contributed by atoms with E-state index in [1.807, 2.05) is 34.7 Å². The highest BCUT2D eigenvalue weighted by molar-refractivity contribution is 7.10. The van der Waals surface area contributed by atoms with Gasteiger partial charge < -0.3 is 10.2 Å². The van der Waals surface area contributed by atoms with Crippen molar-refractivity contribution in [2.45, 2.75) is 31.7 Å². The Morgan fingerprint density at radius 2 is 2.39 bits per heavy atom. The van der Waals surface area contributed by atoms with Crippen LogP contribution >= 0.6 is 22.7 Å². The molecular formula is C16H19N3O2S2. The summed E-state index contributed by atoms with van der Waals surface area (Å²) >= 11 is 3.09. The summed E-state index contributed by atoms with van der Waals surface area (Å²) in [7, 11) is 0. The van der Waals surface area contributed by atoms with Crippen LogP contribution in [-0.4, -0.2) is 40.8 Å². The first-order valence-electron chi connectivity index (χ1n) is 7.63. The number of nitrogens with zero attached hydrogens (tertiary/aromatic N) is 2. The maximum absolute atomic E-state index is 12.5. The average molecular weight is 349 g/mol. The molecule has 1 saturated heterocycles. The first-order valence-corrected chi connectivity index (χ1v) is 9.45. The quantitative estimate of drug-likeness (QED) is 0.870. The Morgan fingerprint density at radius 3 is 3.00 bits per heavy atom. The Morgan fingerprint density at radius 1 is 1.52 bits per heavy atom. The van der Waals surface area contributed by atoms with E-state index in [1.165, 1.54) is 11.3 Å². The molecule has 122 valence electrons. The second kappa shape index (κ2) is 7.23. The first kappa shape index (κ1) is 16.1. The number of thiophene rings is 1. The molecule has 0 aliphatic carbocycles. The van der Waals surface area contributed by atoms with E-state index < -0.39 is 0 Å². The van der Waals surface area contributed by atoms with Crippen LogP contribution in [0.5, 0.6) is 0 Å². The van der Waals surface area contributed by atoms with E-state index in [0.29, 0.717) is 13.0 Å². The minimum absolute atomic E-state index is 0.0403. The number of thiazole rings is 1. The van der Waals surface area contributed by atoms with Crippen LogP contribution in [0.2, 0.25) is 0 Å². The molecule has 5 nitrogen and oxygen atoms in total. The van der Waals surface area contributed by atoms with Gasteiger partial charge in [-0.2, -0.15) is 0 Å².